The lowest BCUT2D eigenvalue weighted by molar-refractivity contribution is -0.117. The van der Waals surface area contributed by atoms with Gasteiger partial charge in [0.2, 0.25) is 0 Å². The van der Waals surface area contributed by atoms with Gasteiger partial charge in [0.15, 0.2) is 0 Å². The predicted octanol–water partition coefficient (Wildman–Crippen LogP) is 1.06. The molecule has 0 aliphatic heterocycles. The highest BCUT2D eigenvalue weighted by atomic mass is 16.3. The smallest absolute Gasteiger partial charge is 0.127 e. The molecule has 3 nitrogen and oxygen atoms in total. The largest absolute Gasteiger partial charge is 0.395 e. The lowest BCUT2D eigenvalue weighted by Gasteiger charge is -2.29. The quantitative estimate of drug-likeness (QED) is 0.650. The molecule has 3 heteroatoms. The third kappa shape index (κ3) is 2.79. The average Bonchev–Trinajstić information content (AvgIpc) is 2.66. The normalized spacial score (nSPS) is 20.2. The number of aldehydes is 1. The van der Waals surface area contributed by atoms with E-state index in [1.54, 1.807) is 0 Å². The van der Waals surface area contributed by atoms with Crippen molar-refractivity contribution in [1.82, 2.24) is 4.90 Å². The molecule has 0 spiro atoms. The SMILES string of the molecule is CCN(CCO)CC1(C=O)CCCC1. The van der Waals surface area contributed by atoms with Crippen molar-refractivity contribution in [2.75, 3.05) is 26.2 Å². The van der Waals surface area contributed by atoms with Gasteiger partial charge in [-0.1, -0.05) is 19.8 Å². The predicted molar refractivity (Wildman–Crippen MR) is 56.2 cm³/mol. The van der Waals surface area contributed by atoms with E-state index < -0.39 is 0 Å². The summed E-state index contributed by atoms with van der Waals surface area (Å²) >= 11 is 0. The first-order valence-corrected chi connectivity index (χ1v) is 5.56. The van der Waals surface area contributed by atoms with Gasteiger partial charge in [-0.05, 0) is 19.4 Å². The van der Waals surface area contributed by atoms with Gasteiger partial charge in [-0.25, -0.2) is 0 Å². The van der Waals surface area contributed by atoms with Gasteiger partial charge in [-0.3, -0.25) is 0 Å². The lowest BCUT2D eigenvalue weighted by atomic mass is 9.87. The molecule has 0 radical (unpaired) electrons. The molecule has 1 aliphatic rings. The standard InChI is InChI=1S/C11H21NO2/c1-2-12(7-8-13)9-11(10-14)5-3-4-6-11/h10,13H,2-9H2,1H3. The van der Waals surface area contributed by atoms with E-state index >= 15 is 0 Å². The molecular weight excluding hydrogens is 178 g/mol. The molecule has 0 bridgehead atoms. The maximum absolute atomic E-state index is 11.1. The molecule has 0 aromatic heterocycles. The summed E-state index contributed by atoms with van der Waals surface area (Å²) in [6.45, 7) is 4.68. The van der Waals surface area contributed by atoms with Crippen molar-refractivity contribution < 1.29 is 9.90 Å². The van der Waals surface area contributed by atoms with Gasteiger partial charge < -0.3 is 14.8 Å². The number of carbonyl (C=O) groups is 1. The molecule has 0 unspecified atom stereocenters. The molecule has 1 fully saturated rings. The molecule has 82 valence electrons. The van der Waals surface area contributed by atoms with E-state index in [1.807, 2.05) is 0 Å². The third-order valence-electron chi connectivity index (χ3n) is 3.25. The van der Waals surface area contributed by atoms with Gasteiger partial charge in [0.25, 0.3) is 0 Å². The molecule has 0 atom stereocenters. The van der Waals surface area contributed by atoms with Crippen LogP contribution in [0.5, 0.6) is 0 Å². The van der Waals surface area contributed by atoms with E-state index in [2.05, 4.69) is 11.8 Å². The van der Waals surface area contributed by atoms with Crippen LogP contribution in [0.3, 0.4) is 0 Å². The summed E-state index contributed by atoms with van der Waals surface area (Å²) in [7, 11) is 0. The van der Waals surface area contributed by atoms with Crippen molar-refractivity contribution in [3.8, 4) is 0 Å². The molecule has 1 saturated carbocycles. The van der Waals surface area contributed by atoms with Gasteiger partial charge in [0, 0.05) is 18.5 Å². The number of aliphatic hydroxyl groups excluding tert-OH is 1. The first kappa shape index (κ1) is 11.7. The van der Waals surface area contributed by atoms with E-state index in [-0.39, 0.29) is 12.0 Å². The molecule has 0 aromatic carbocycles. The molecule has 1 aliphatic carbocycles. The summed E-state index contributed by atoms with van der Waals surface area (Å²) in [6.07, 6.45) is 5.54. The molecule has 0 aromatic rings. The fourth-order valence-electron chi connectivity index (χ4n) is 2.33. The van der Waals surface area contributed by atoms with E-state index in [4.69, 9.17) is 5.11 Å². The van der Waals surface area contributed by atoms with Gasteiger partial charge in [0.1, 0.15) is 6.29 Å². The zero-order valence-electron chi connectivity index (χ0n) is 9.04. The van der Waals surface area contributed by atoms with Gasteiger partial charge in [-0.15, -0.1) is 0 Å². The van der Waals surface area contributed by atoms with E-state index in [0.717, 1.165) is 32.2 Å². The van der Waals surface area contributed by atoms with Crippen LogP contribution in [0.15, 0.2) is 0 Å². The van der Waals surface area contributed by atoms with Crippen LogP contribution in [0.25, 0.3) is 0 Å². The van der Waals surface area contributed by atoms with Crippen molar-refractivity contribution >= 4 is 6.29 Å². The fourth-order valence-corrected chi connectivity index (χ4v) is 2.33. The first-order valence-electron chi connectivity index (χ1n) is 5.56. The van der Waals surface area contributed by atoms with Gasteiger partial charge in [-0.2, -0.15) is 0 Å². The minimum Gasteiger partial charge on any atom is -0.395 e. The van der Waals surface area contributed by atoms with Crippen LogP contribution in [0.1, 0.15) is 32.6 Å². The Hall–Kier alpha value is -0.410. The van der Waals surface area contributed by atoms with Crippen LogP contribution in [-0.4, -0.2) is 42.5 Å². The third-order valence-corrected chi connectivity index (χ3v) is 3.25. The molecule has 0 saturated heterocycles. The molecule has 14 heavy (non-hydrogen) atoms. The molecule has 0 heterocycles. The summed E-state index contributed by atoms with van der Waals surface area (Å²) in [6, 6.07) is 0. The summed E-state index contributed by atoms with van der Waals surface area (Å²) in [4.78, 5) is 13.3. The van der Waals surface area contributed by atoms with Crippen LogP contribution in [0, 0.1) is 5.41 Å². The summed E-state index contributed by atoms with van der Waals surface area (Å²) in [5, 5.41) is 8.87. The Bertz CT molecular complexity index is 176. The first-order chi connectivity index (χ1) is 6.76. The monoisotopic (exact) mass is 199 g/mol. The second-order valence-electron chi connectivity index (χ2n) is 4.28. The minimum absolute atomic E-state index is 0.106. The summed E-state index contributed by atoms with van der Waals surface area (Å²) in [5.74, 6) is 0. The van der Waals surface area contributed by atoms with Crippen LogP contribution in [-0.2, 0) is 4.79 Å². The molecule has 0 amide bonds. The van der Waals surface area contributed by atoms with Crippen molar-refractivity contribution in [3.63, 3.8) is 0 Å². The fraction of sp³-hybridized carbons (Fsp3) is 0.909. The number of aliphatic hydroxyl groups is 1. The zero-order chi connectivity index (χ0) is 10.4. The van der Waals surface area contributed by atoms with E-state index in [1.165, 1.54) is 12.8 Å². The van der Waals surface area contributed by atoms with Crippen LogP contribution < -0.4 is 0 Å². The molecule has 1 rings (SSSR count). The highest BCUT2D eigenvalue weighted by molar-refractivity contribution is 5.60. The van der Waals surface area contributed by atoms with E-state index in [9.17, 15) is 4.79 Å². The van der Waals surface area contributed by atoms with Crippen LogP contribution >= 0.6 is 0 Å². The number of hydrogen-bond acceptors (Lipinski definition) is 3. The Labute approximate surface area is 86.1 Å². The maximum Gasteiger partial charge on any atom is 0.127 e. The van der Waals surface area contributed by atoms with Crippen molar-refractivity contribution in [1.29, 1.82) is 0 Å². The minimum atomic E-state index is -0.106. The van der Waals surface area contributed by atoms with Gasteiger partial charge >= 0.3 is 0 Å². The second-order valence-corrected chi connectivity index (χ2v) is 4.28. The molecular formula is C11H21NO2. The lowest BCUT2D eigenvalue weighted by Crippen LogP contribution is -2.38. The van der Waals surface area contributed by atoms with E-state index in [0.29, 0.717) is 6.54 Å². The average molecular weight is 199 g/mol. The number of likely N-dealkylation sites (N-methyl/N-ethyl adjacent to an activating group) is 1. The Balaban J connectivity index is 2.49. The van der Waals surface area contributed by atoms with Crippen molar-refractivity contribution in [2.45, 2.75) is 32.6 Å². The summed E-state index contributed by atoms with van der Waals surface area (Å²) in [5.41, 5.74) is -0.106. The number of nitrogens with zero attached hydrogens (tertiary/aromatic N) is 1. The number of rotatable bonds is 6. The molecule has 1 N–H and O–H groups in total. The van der Waals surface area contributed by atoms with Crippen molar-refractivity contribution in [2.24, 2.45) is 5.41 Å². The Morgan fingerprint density at radius 1 is 1.43 bits per heavy atom. The Morgan fingerprint density at radius 3 is 2.50 bits per heavy atom. The Morgan fingerprint density at radius 2 is 2.07 bits per heavy atom. The highest BCUT2D eigenvalue weighted by Crippen LogP contribution is 2.36. The maximum atomic E-state index is 11.1. The zero-order valence-corrected chi connectivity index (χ0v) is 9.04. The highest BCUT2D eigenvalue weighted by Gasteiger charge is 2.34. The van der Waals surface area contributed by atoms with Crippen LogP contribution in [0.4, 0.5) is 0 Å². The topological polar surface area (TPSA) is 40.5 Å². The summed E-state index contributed by atoms with van der Waals surface area (Å²) < 4.78 is 0. The van der Waals surface area contributed by atoms with Crippen molar-refractivity contribution in [3.05, 3.63) is 0 Å². The van der Waals surface area contributed by atoms with Crippen LogP contribution in [0.2, 0.25) is 0 Å². The van der Waals surface area contributed by atoms with Gasteiger partial charge in [0.05, 0.1) is 6.61 Å². The number of carbonyl (C=O) groups excluding carboxylic acids is 1. The Kier molecular flexibility index (Phi) is 4.55. The number of hydrogen-bond donors (Lipinski definition) is 1. The second kappa shape index (κ2) is 5.47.